The molecule has 0 saturated carbocycles. The lowest BCUT2D eigenvalue weighted by Gasteiger charge is -2.11. The SMILES string of the molecule is Cc1ccccc1-n1ccn(CC(=O)Nc2ccc(Cl)cc2)c(=O)c1=O. The summed E-state index contributed by atoms with van der Waals surface area (Å²) in [4.78, 5) is 36.9. The van der Waals surface area contributed by atoms with Gasteiger partial charge >= 0.3 is 11.1 Å². The number of carbonyl (C=O) groups excluding carboxylic acids is 1. The first kappa shape index (κ1) is 17.7. The molecule has 0 bridgehead atoms. The van der Waals surface area contributed by atoms with E-state index in [1.807, 2.05) is 19.1 Å². The van der Waals surface area contributed by atoms with Gasteiger partial charge in [-0.2, -0.15) is 0 Å². The first-order valence-electron chi connectivity index (χ1n) is 7.89. The molecule has 3 rings (SSSR count). The summed E-state index contributed by atoms with van der Waals surface area (Å²) in [5, 5.41) is 3.21. The number of para-hydroxylation sites is 1. The average molecular weight is 370 g/mol. The van der Waals surface area contributed by atoms with E-state index < -0.39 is 17.0 Å². The summed E-state index contributed by atoms with van der Waals surface area (Å²) in [6, 6.07) is 13.9. The number of anilines is 1. The summed E-state index contributed by atoms with van der Waals surface area (Å²) in [7, 11) is 0. The molecule has 1 heterocycles. The van der Waals surface area contributed by atoms with E-state index in [1.165, 1.54) is 17.0 Å². The molecule has 0 aliphatic carbocycles. The third-order valence-electron chi connectivity index (χ3n) is 3.88. The van der Waals surface area contributed by atoms with Crippen molar-refractivity contribution in [2.24, 2.45) is 0 Å². The predicted octanol–water partition coefficient (Wildman–Crippen LogP) is 2.60. The van der Waals surface area contributed by atoms with Crippen LogP contribution in [0.2, 0.25) is 5.02 Å². The van der Waals surface area contributed by atoms with Gasteiger partial charge in [0.2, 0.25) is 5.91 Å². The van der Waals surface area contributed by atoms with Crippen molar-refractivity contribution < 1.29 is 4.79 Å². The Morgan fingerprint density at radius 1 is 1.00 bits per heavy atom. The van der Waals surface area contributed by atoms with Gasteiger partial charge in [0.15, 0.2) is 0 Å². The van der Waals surface area contributed by atoms with Crippen molar-refractivity contribution in [3.05, 3.63) is 92.2 Å². The van der Waals surface area contributed by atoms with Gasteiger partial charge in [-0.05, 0) is 42.8 Å². The topological polar surface area (TPSA) is 73.1 Å². The molecule has 1 N–H and O–H groups in total. The Morgan fingerprint density at radius 3 is 2.38 bits per heavy atom. The number of nitrogens with one attached hydrogen (secondary N) is 1. The largest absolute Gasteiger partial charge is 0.325 e. The summed E-state index contributed by atoms with van der Waals surface area (Å²) in [5.74, 6) is -0.414. The van der Waals surface area contributed by atoms with Crippen molar-refractivity contribution in [2.75, 3.05) is 5.32 Å². The fourth-order valence-corrected chi connectivity index (χ4v) is 2.67. The van der Waals surface area contributed by atoms with E-state index in [-0.39, 0.29) is 6.54 Å². The second-order valence-corrected chi connectivity index (χ2v) is 6.18. The molecule has 0 atom stereocenters. The van der Waals surface area contributed by atoms with Crippen molar-refractivity contribution in [2.45, 2.75) is 13.5 Å². The molecular formula is C19H16ClN3O3. The minimum absolute atomic E-state index is 0.259. The number of benzene rings is 2. The predicted molar refractivity (Wildman–Crippen MR) is 101 cm³/mol. The van der Waals surface area contributed by atoms with Crippen LogP contribution in [0, 0.1) is 6.92 Å². The molecular weight excluding hydrogens is 354 g/mol. The lowest BCUT2D eigenvalue weighted by molar-refractivity contribution is -0.116. The van der Waals surface area contributed by atoms with Crippen molar-refractivity contribution in [1.29, 1.82) is 0 Å². The highest BCUT2D eigenvalue weighted by Crippen LogP contribution is 2.13. The van der Waals surface area contributed by atoms with Crippen LogP contribution in [0.3, 0.4) is 0 Å². The van der Waals surface area contributed by atoms with Gasteiger partial charge in [-0.25, -0.2) is 0 Å². The number of rotatable bonds is 4. The van der Waals surface area contributed by atoms with Crippen LogP contribution in [0.4, 0.5) is 5.69 Å². The van der Waals surface area contributed by atoms with E-state index in [0.29, 0.717) is 16.4 Å². The van der Waals surface area contributed by atoms with Crippen molar-refractivity contribution in [3.63, 3.8) is 0 Å². The number of hydrogen-bond acceptors (Lipinski definition) is 3. The Labute approximate surface area is 154 Å². The molecule has 0 unspecified atom stereocenters. The van der Waals surface area contributed by atoms with E-state index >= 15 is 0 Å². The molecule has 1 aromatic heterocycles. The quantitative estimate of drug-likeness (QED) is 0.718. The van der Waals surface area contributed by atoms with Gasteiger partial charge in [-0.3, -0.25) is 23.5 Å². The second kappa shape index (κ2) is 7.41. The number of aromatic nitrogens is 2. The van der Waals surface area contributed by atoms with Crippen molar-refractivity contribution in [3.8, 4) is 5.69 Å². The van der Waals surface area contributed by atoms with Crippen LogP contribution in [-0.4, -0.2) is 15.0 Å². The molecule has 3 aromatic rings. The molecule has 0 saturated heterocycles. The molecule has 1 amide bonds. The van der Waals surface area contributed by atoms with Crippen molar-refractivity contribution in [1.82, 2.24) is 9.13 Å². The Hall–Kier alpha value is -3.12. The number of amides is 1. The first-order chi connectivity index (χ1) is 12.5. The zero-order valence-corrected chi connectivity index (χ0v) is 14.7. The minimum Gasteiger partial charge on any atom is -0.325 e. The molecule has 6 nitrogen and oxygen atoms in total. The second-order valence-electron chi connectivity index (χ2n) is 5.75. The molecule has 0 spiro atoms. The average Bonchev–Trinajstić information content (AvgIpc) is 2.62. The van der Waals surface area contributed by atoms with Crippen LogP contribution in [0.15, 0.2) is 70.5 Å². The van der Waals surface area contributed by atoms with E-state index in [4.69, 9.17) is 11.6 Å². The van der Waals surface area contributed by atoms with Crippen LogP contribution in [0.25, 0.3) is 5.69 Å². The number of aryl methyl sites for hydroxylation is 1. The molecule has 0 aliphatic heterocycles. The van der Waals surface area contributed by atoms with Gasteiger partial charge in [0, 0.05) is 23.1 Å². The summed E-state index contributed by atoms with van der Waals surface area (Å²) in [6.45, 7) is 1.60. The maximum Gasteiger partial charge on any atom is 0.320 e. The monoisotopic (exact) mass is 369 g/mol. The maximum atomic E-state index is 12.4. The van der Waals surface area contributed by atoms with E-state index in [1.54, 1.807) is 36.4 Å². The van der Waals surface area contributed by atoms with Crippen LogP contribution in [0.5, 0.6) is 0 Å². The van der Waals surface area contributed by atoms with Gasteiger partial charge in [0.25, 0.3) is 0 Å². The third kappa shape index (κ3) is 3.75. The van der Waals surface area contributed by atoms with E-state index in [0.717, 1.165) is 10.1 Å². The molecule has 0 radical (unpaired) electrons. The highest BCUT2D eigenvalue weighted by molar-refractivity contribution is 6.30. The summed E-state index contributed by atoms with van der Waals surface area (Å²) in [5.41, 5.74) is 0.586. The number of carbonyl (C=O) groups is 1. The zero-order valence-electron chi connectivity index (χ0n) is 14.0. The third-order valence-corrected chi connectivity index (χ3v) is 4.13. The van der Waals surface area contributed by atoms with Gasteiger partial charge < -0.3 is 5.32 Å². The first-order valence-corrected chi connectivity index (χ1v) is 8.27. The highest BCUT2D eigenvalue weighted by Gasteiger charge is 2.11. The van der Waals surface area contributed by atoms with Gasteiger partial charge in [-0.1, -0.05) is 29.8 Å². The smallest absolute Gasteiger partial charge is 0.320 e. The summed E-state index contributed by atoms with van der Waals surface area (Å²) in [6.07, 6.45) is 2.92. The standard InChI is InChI=1S/C19H16ClN3O3/c1-13-4-2-3-5-16(13)23-11-10-22(18(25)19(23)26)12-17(24)21-15-8-6-14(20)7-9-15/h2-11H,12H2,1H3,(H,21,24). The van der Waals surface area contributed by atoms with Crippen LogP contribution in [0.1, 0.15) is 5.56 Å². The fraction of sp³-hybridized carbons (Fsp3) is 0.105. The Kier molecular flexibility index (Phi) is 5.04. The molecule has 0 fully saturated rings. The van der Waals surface area contributed by atoms with Crippen molar-refractivity contribution >= 4 is 23.2 Å². The minimum atomic E-state index is -0.762. The zero-order chi connectivity index (χ0) is 18.7. The van der Waals surface area contributed by atoms with Crippen LogP contribution < -0.4 is 16.4 Å². The highest BCUT2D eigenvalue weighted by atomic mass is 35.5. The molecule has 132 valence electrons. The maximum absolute atomic E-state index is 12.4. The lowest BCUT2D eigenvalue weighted by atomic mass is 10.2. The van der Waals surface area contributed by atoms with E-state index in [2.05, 4.69) is 5.32 Å². The number of hydrogen-bond donors (Lipinski definition) is 1. The number of nitrogens with zero attached hydrogens (tertiary/aromatic N) is 2. The van der Waals surface area contributed by atoms with E-state index in [9.17, 15) is 14.4 Å². The summed E-state index contributed by atoms with van der Waals surface area (Å²) < 4.78 is 2.37. The number of halogens is 1. The molecule has 26 heavy (non-hydrogen) atoms. The normalized spacial score (nSPS) is 10.5. The van der Waals surface area contributed by atoms with Gasteiger partial charge in [0.05, 0.1) is 5.69 Å². The molecule has 7 heteroatoms. The van der Waals surface area contributed by atoms with Crippen LogP contribution >= 0.6 is 11.6 Å². The van der Waals surface area contributed by atoms with Gasteiger partial charge in [0.1, 0.15) is 6.54 Å². The van der Waals surface area contributed by atoms with Crippen LogP contribution in [-0.2, 0) is 11.3 Å². The van der Waals surface area contributed by atoms with Gasteiger partial charge in [-0.15, -0.1) is 0 Å². The Morgan fingerprint density at radius 2 is 1.69 bits per heavy atom. The molecule has 0 aliphatic rings. The Balaban J connectivity index is 1.84. The lowest BCUT2D eigenvalue weighted by Crippen LogP contribution is -2.41. The fourth-order valence-electron chi connectivity index (χ4n) is 2.54. The summed E-state index contributed by atoms with van der Waals surface area (Å²) >= 11 is 5.80. The molecule has 2 aromatic carbocycles. The Bertz CT molecular complexity index is 1070.